The molecule has 104 valence electrons. The normalized spacial score (nSPS) is 25.9. The van der Waals surface area contributed by atoms with Gasteiger partial charge < -0.3 is 19.7 Å². The molecule has 0 aromatic carbocycles. The van der Waals surface area contributed by atoms with Crippen molar-refractivity contribution in [3.05, 3.63) is 0 Å². The molecule has 2 heterocycles. The molecule has 0 spiro atoms. The van der Waals surface area contributed by atoms with E-state index in [1.807, 2.05) is 4.90 Å². The third-order valence-corrected chi connectivity index (χ3v) is 3.30. The third-order valence-electron chi connectivity index (χ3n) is 3.30. The van der Waals surface area contributed by atoms with Crippen molar-refractivity contribution in [3.63, 3.8) is 0 Å². The third kappa shape index (κ3) is 3.67. The van der Waals surface area contributed by atoms with Crippen molar-refractivity contribution < 1.29 is 14.3 Å². The van der Waals surface area contributed by atoms with E-state index in [1.54, 1.807) is 0 Å². The highest BCUT2D eigenvalue weighted by molar-refractivity contribution is 5.79. The molecular formula is C13H24N2O3. The van der Waals surface area contributed by atoms with E-state index in [1.165, 1.54) is 0 Å². The van der Waals surface area contributed by atoms with Gasteiger partial charge in [0.15, 0.2) is 0 Å². The highest BCUT2D eigenvalue weighted by Crippen LogP contribution is 2.16. The van der Waals surface area contributed by atoms with Crippen LogP contribution in [0.2, 0.25) is 0 Å². The minimum atomic E-state index is 0.0808. The number of amides is 1. The SMILES string of the molecule is CC(C)(C)NC[C@@H]1CN(C(=O)C2COC2)CCO1. The van der Waals surface area contributed by atoms with Crippen molar-refractivity contribution in [1.29, 1.82) is 0 Å². The Hall–Kier alpha value is -0.650. The van der Waals surface area contributed by atoms with E-state index in [0.29, 0.717) is 32.9 Å². The predicted molar refractivity (Wildman–Crippen MR) is 68.4 cm³/mol. The minimum absolute atomic E-state index is 0.0808. The maximum Gasteiger partial charge on any atom is 0.230 e. The molecule has 18 heavy (non-hydrogen) atoms. The number of nitrogens with zero attached hydrogens (tertiary/aromatic N) is 1. The molecule has 2 aliphatic heterocycles. The predicted octanol–water partition coefficient (Wildman–Crippen LogP) is 0.248. The summed E-state index contributed by atoms with van der Waals surface area (Å²) in [4.78, 5) is 14.0. The van der Waals surface area contributed by atoms with Crippen LogP contribution in [-0.2, 0) is 14.3 Å². The number of hydrogen-bond donors (Lipinski definition) is 1. The summed E-state index contributed by atoms with van der Waals surface area (Å²) in [5.41, 5.74) is 0.0808. The molecule has 0 unspecified atom stereocenters. The number of nitrogens with one attached hydrogen (secondary N) is 1. The van der Waals surface area contributed by atoms with Gasteiger partial charge in [-0.05, 0) is 20.8 Å². The van der Waals surface area contributed by atoms with Gasteiger partial charge in [-0.15, -0.1) is 0 Å². The summed E-state index contributed by atoms with van der Waals surface area (Å²) in [6, 6.07) is 0. The van der Waals surface area contributed by atoms with Gasteiger partial charge in [-0.2, -0.15) is 0 Å². The first kappa shape index (κ1) is 13.8. The van der Waals surface area contributed by atoms with Crippen LogP contribution in [-0.4, -0.2) is 61.9 Å². The lowest BCUT2D eigenvalue weighted by Gasteiger charge is -2.38. The summed E-state index contributed by atoms with van der Waals surface area (Å²) in [5, 5.41) is 3.42. The molecule has 0 saturated carbocycles. The first-order valence-corrected chi connectivity index (χ1v) is 6.69. The number of ether oxygens (including phenoxy) is 2. The van der Waals surface area contributed by atoms with Crippen LogP contribution in [0.1, 0.15) is 20.8 Å². The Labute approximate surface area is 109 Å². The van der Waals surface area contributed by atoms with Gasteiger partial charge in [0, 0.05) is 25.2 Å². The lowest BCUT2D eigenvalue weighted by molar-refractivity contribution is -0.156. The average Bonchev–Trinajstić information content (AvgIpc) is 2.23. The summed E-state index contributed by atoms with van der Waals surface area (Å²) in [6.07, 6.45) is 0.0999. The molecule has 0 aliphatic carbocycles. The van der Waals surface area contributed by atoms with Crippen LogP contribution in [0.4, 0.5) is 0 Å². The van der Waals surface area contributed by atoms with Gasteiger partial charge in [0.2, 0.25) is 5.91 Å². The van der Waals surface area contributed by atoms with E-state index >= 15 is 0 Å². The summed E-state index contributed by atoms with van der Waals surface area (Å²) in [7, 11) is 0. The zero-order valence-corrected chi connectivity index (χ0v) is 11.6. The largest absolute Gasteiger partial charge is 0.380 e. The Bertz CT molecular complexity index is 297. The Morgan fingerprint density at radius 1 is 1.39 bits per heavy atom. The molecule has 0 aromatic rings. The van der Waals surface area contributed by atoms with E-state index in [-0.39, 0.29) is 23.5 Å². The van der Waals surface area contributed by atoms with Crippen molar-refractivity contribution in [2.75, 3.05) is 39.5 Å². The highest BCUT2D eigenvalue weighted by atomic mass is 16.5. The van der Waals surface area contributed by atoms with Gasteiger partial charge in [0.25, 0.3) is 0 Å². The molecule has 0 radical (unpaired) electrons. The second kappa shape index (κ2) is 5.55. The van der Waals surface area contributed by atoms with Gasteiger partial charge in [0.05, 0.1) is 31.8 Å². The fraction of sp³-hybridized carbons (Fsp3) is 0.923. The molecule has 5 heteroatoms. The molecule has 2 saturated heterocycles. The first-order valence-electron chi connectivity index (χ1n) is 6.69. The van der Waals surface area contributed by atoms with Crippen LogP contribution in [0.15, 0.2) is 0 Å². The van der Waals surface area contributed by atoms with E-state index in [2.05, 4.69) is 26.1 Å². The fourth-order valence-electron chi connectivity index (χ4n) is 2.10. The van der Waals surface area contributed by atoms with Gasteiger partial charge in [-0.3, -0.25) is 4.79 Å². The fourth-order valence-corrected chi connectivity index (χ4v) is 2.10. The molecule has 0 aromatic heterocycles. The quantitative estimate of drug-likeness (QED) is 0.786. The topological polar surface area (TPSA) is 50.8 Å². The maximum absolute atomic E-state index is 12.1. The van der Waals surface area contributed by atoms with Crippen molar-refractivity contribution in [2.45, 2.75) is 32.4 Å². The molecule has 1 N–H and O–H groups in total. The summed E-state index contributed by atoms with van der Waals surface area (Å²) >= 11 is 0. The van der Waals surface area contributed by atoms with Crippen LogP contribution in [0.25, 0.3) is 0 Å². The van der Waals surface area contributed by atoms with Crippen LogP contribution in [0.5, 0.6) is 0 Å². The maximum atomic E-state index is 12.1. The summed E-state index contributed by atoms with van der Waals surface area (Å²) < 4.78 is 10.8. The molecule has 2 rings (SSSR count). The Balaban J connectivity index is 1.78. The number of carbonyl (C=O) groups excluding carboxylic acids is 1. The van der Waals surface area contributed by atoms with Crippen LogP contribution < -0.4 is 5.32 Å². The Morgan fingerprint density at radius 3 is 2.67 bits per heavy atom. The zero-order valence-electron chi connectivity index (χ0n) is 11.6. The van der Waals surface area contributed by atoms with Crippen molar-refractivity contribution in [3.8, 4) is 0 Å². The van der Waals surface area contributed by atoms with Gasteiger partial charge >= 0.3 is 0 Å². The van der Waals surface area contributed by atoms with E-state index in [4.69, 9.17) is 9.47 Å². The second-order valence-electron chi connectivity index (χ2n) is 6.14. The smallest absolute Gasteiger partial charge is 0.230 e. The molecule has 2 aliphatic rings. The van der Waals surface area contributed by atoms with Crippen LogP contribution in [0, 0.1) is 5.92 Å². The lowest BCUT2D eigenvalue weighted by Crippen LogP contribution is -2.54. The molecule has 0 bridgehead atoms. The van der Waals surface area contributed by atoms with Gasteiger partial charge in [0.1, 0.15) is 0 Å². The van der Waals surface area contributed by atoms with Crippen LogP contribution >= 0.6 is 0 Å². The van der Waals surface area contributed by atoms with E-state index < -0.39 is 0 Å². The van der Waals surface area contributed by atoms with E-state index in [9.17, 15) is 4.79 Å². The van der Waals surface area contributed by atoms with Crippen molar-refractivity contribution >= 4 is 5.91 Å². The number of morpholine rings is 1. The van der Waals surface area contributed by atoms with Crippen molar-refractivity contribution in [1.82, 2.24) is 10.2 Å². The average molecular weight is 256 g/mol. The molecule has 2 fully saturated rings. The van der Waals surface area contributed by atoms with Gasteiger partial charge in [-0.1, -0.05) is 0 Å². The monoisotopic (exact) mass is 256 g/mol. The minimum Gasteiger partial charge on any atom is -0.380 e. The standard InChI is InChI=1S/C13H24N2O3/c1-13(2,3)14-6-11-7-15(4-5-18-11)12(16)10-8-17-9-10/h10-11,14H,4-9H2,1-3H3/t11-/m1/s1. The zero-order chi connectivity index (χ0) is 13.2. The highest BCUT2D eigenvalue weighted by Gasteiger charge is 2.33. The number of rotatable bonds is 3. The lowest BCUT2D eigenvalue weighted by atomic mass is 10.1. The molecular weight excluding hydrogens is 232 g/mol. The summed E-state index contributed by atoms with van der Waals surface area (Å²) in [5.74, 6) is 0.310. The number of carbonyl (C=O) groups is 1. The van der Waals surface area contributed by atoms with Crippen LogP contribution in [0.3, 0.4) is 0 Å². The Morgan fingerprint density at radius 2 is 2.11 bits per heavy atom. The van der Waals surface area contributed by atoms with E-state index in [0.717, 1.165) is 6.54 Å². The molecule has 5 nitrogen and oxygen atoms in total. The summed E-state index contributed by atoms with van der Waals surface area (Å²) in [6.45, 7) is 10.4. The molecule has 1 amide bonds. The number of hydrogen-bond acceptors (Lipinski definition) is 4. The Kier molecular flexibility index (Phi) is 4.25. The molecule has 1 atom stereocenters. The second-order valence-corrected chi connectivity index (χ2v) is 6.14. The van der Waals surface area contributed by atoms with Crippen molar-refractivity contribution in [2.24, 2.45) is 5.92 Å². The first-order chi connectivity index (χ1) is 8.46. The van der Waals surface area contributed by atoms with Gasteiger partial charge in [-0.25, -0.2) is 0 Å².